The molecule has 2 aliphatic rings. The molecule has 1 heteroatoms. The van der Waals surface area contributed by atoms with Crippen molar-refractivity contribution in [3.8, 4) is 0 Å². The van der Waals surface area contributed by atoms with Crippen molar-refractivity contribution in [1.82, 2.24) is 0 Å². The molecule has 9 heavy (non-hydrogen) atoms. The minimum atomic E-state index is 0.872. The van der Waals surface area contributed by atoms with E-state index in [-0.39, 0.29) is 0 Å². The molecule has 0 aliphatic heterocycles. The molecule has 0 bridgehead atoms. The first-order valence-corrected chi connectivity index (χ1v) is 4.47. The maximum absolute atomic E-state index is 2.45. The van der Waals surface area contributed by atoms with E-state index in [0.29, 0.717) is 0 Å². The lowest BCUT2D eigenvalue weighted by Gasteiger charge is -2.04. The molecule has 0 radical (unpaired) electrons. The highest BCUT2D eigenvalue weighted by Gasteiger charge is 2.26. The van der Waals surface area contributed by atoms with Crippen molar-refractivity contribution in [2.45, 2.75) is 12.8 Å². The molecule has 2 atom stereocenters. The molecule has 0 saturated heterocycles. The summed E-state index contributed by atoms with van der Waals surface area (Å²) in [6, 6.07) is 0. The van der Waals surface area contributed by atoms with Gasteiger partial charge in [-0.2, -0.15) is 0 Å². The maximum Gasteiger partial charge on any atom is -0.0122 e. The lowest BCUT2D eigenvalue weighted by molar-refractivity contribution is 0.551. The molecule has 2 rings (SSSR count). The van der Waals surface area contributed by atoms with Crippen LogP contribution in [0.5, 0.6) is 0 Å². The highest BCUT2D eigenvalue weighted by molar-refractivity contribution is 14.1. The molecule has 2 aliphatic carbocycles. The fourth-order valence-electron chi connectivity index (χ4n) is 1.66. The zero-order chi connectivity index (χ0) is 6.27. The average molecular weight is 232 g/mol. The molecule has 0 nitrogen and oxygen atoms in total. The first-order valence-electron chi connectivity index (χ1n) is 3.39. The van der Waals surface area contributed by atoms with E-state index in [2.05, 4.69) is 40.8 Å². The summed E-state index contributed by atoms with van der Waals surface area (Å²) < 4.78 is 1.56. The Bertz CT molecular complexity index is 179. The molecule has 0 saturated carbocycles. The van der Waals surface area contributed by atoms with Crippen LogP contribution in [-0.4, -0.2) is 0 Å². The van der Waals surface area contributed by atoms with Crippen molar-refractivity contribution in [3.63, 3.8) is 0 Å². The molecule has 0 heterocycles. The summed E-state index contributed by atoms with van der Waals surface area (Å²) in [5.74, 6) is 1.74. The summed E-state index contributed by atoms with van der Waals surface area (Å²) in [7, 11) is 0. The van der Waals surface area contributed by atoms with Gasteiger partial charge in [0.2, 0.25) is 0 Å². The second-order valence-electron chi connectivity index (χ2n) is 2.81. The van der Waals surface area contributed by atoms with E-state index in [1.807, 2.05) is 0 Å². The predicted molar refractivity (Wildman–Crippen MR) is 47.5 cm³/mol. The van der Waals surface area contributed by atoms with Gasteiger partial charge < -0.3 is 0 Å². The molecule has 0 aromatic rings. The van der Waals surface area contributed by atoms with Crippen LogP contribution in [0.15, 0.2) is 21.8 Å². The molecule has 0 unspecified atom stereocenters. The zero-order valence-corrected chi connectivity index (χ0v) is 7.34. The highest BCUT2D eigenvalue weighted by Crippen LogP contribution is 2.40. The lowest BCUT2D eigenvalue weighted by atomic mass is 10.0. The van der Waals surface area contributed by atoms with Crippen LogP contribution < -0.4 is 0 Å². The van der Waals surface area contributed by atoms with Crippen molar-refractivity contribution >= 4 is 22.6 Å². The molecule has 0 aromatic heterocycles. The Balaban J connectivity index is 2.19. The monoisotopic (exact) mass is 232 g/mol. The van der Waals surface area contributed by atoms with Gasteiger partial charge in [0.15, 0.2) is 0 Å². The molecule has 0 spiro atoms. The third kappa shape index (κ3) is 0.955. The molecule has 0 aromatic carbocycles. The minimum absolute atomic E-state index is 0.872. The second kappa shape index (κ2) is 2.11. The van der Waals surface area contributed by atoms with Crippen molar-refractivity contribution in [1.29, 1.82) is 0 Å². The third-order valence-electron chi connectivity index (χ3n) is 2.17. The number of halogens is 1. The largest absolute Gasteiger partial charge is 0.0876 e. The molecular weight excluding hydrogens is 223 g/mol. The SMILES string of the molecule is IC1=C[C@H]2CC=C[C@H]2C1. The van der Waals surface area contributed by atoms with Gasteiger partial charge in [-0.1, -0.05) is 18.2 Å². The van der Waals surface area contributed by atoms with Gasteiger partial charge in [0.05, 0.1) is 0 Å². The van der Waals surface area contributed by atoms with Gasteiger partial charge in [-0.25, -0.2) is 0 Å². The zero-order valence-electron chi connectivity index (χ0n) is 5.18. The van der Waals surface area contributed by atoms with Gasteiger partial charge in [0.1, 0.15) is 0 Å². The van der Waals surface area contributed by atoms with E-state index in [1.54, 1.807) is 3.58 Å². The minimum Gasteiger partial charge on any atom is -0.0876 e. The van der Waals surface area contributed by atoms with E-state index < -0.39 is 0 Å². The molecule has 48 valence electrons. The first kappa shape index (κ1) is 5.96. The number of hydrogen-bond acceptors (Lipinski definition) is 0. The van der Waals surface area contributed by atoms with Gasteiger partial charge >= 0.3 is 0 Å². The second-order valence-corrected chi connectivity index (χ2v) is 4.19. The Morgan fingerprint density at radius 1 is 1.44 bits per heavy atom. The Labute approximate surface area is 69.2 Å². The van der Waals surface area contributed by atoms with Crippen LogP contribution in [0.2, 0.25) is 0 Å². The summed E-state index contributed by atoms with van der Waals surface area (Å²) in [6.45, 7) is 0. The lowest BCUT2D eigenvalue weighted by Crippen LogP contribution is -1.96. The van der Waals surface area contributed by atoms with Crippen LogP contribution in [-0.2, 0) is 0 Å². The van der Waals surface area contributed by atoms with Gasteiger partial charge in [0, 0.05) is 0 Å². The predicted octanol–water partition coefficient (Wildman–Crippen LogP) is 2.90. The Morgan fingerprint density at radius 2 is 2.33 bits per heavy atom. The van der Waals surface area contributed by atoms with E-state index in [1.165, 1.54) is 12.8 Å². The van der Waals surface area contributed by atoms with E-state index in [9.17, 15) is 0 Å². The summed E-state index contributed by atoms with van der Waals surface area (Å²) in [5.41, 5.74) is 0. The summed E-state index contributed by atoms with van der Waals surface area (Å²) >= 11 is 2.45. The molecule has 0 N–H and O–H groups in total. The van der Waals surface area contributed by atoms with Gasteiger partial charge in [0.25, 0.3) is 0 Å². The van der Waals surface area contributed by atoms with Crippen LogP contribution >= 0.6 is 22.6 Å². The smallest absolute Gasteiger partial charge is 0.0122 e. The van der Waals surface area contributed by atoms with E-state index in [0.717, 1.165) is 11.8 Å². The summed E-state index contributed by atoms with van der Waals surface area (Å²) in [6.07, 6.45) is 9.70. The summed E-state index contributed by atoms with van der Waals surface area (Å²) in [4.78, 5) is 0. The van der Waals surface area contributed by atoms with Crippen LogP contribution in [0.4, 0.5) is 0 Å². The Morgan fingerprint density at radius 3 is 3.11 bits per heavy atom. The van der Waals surface area contributed by atoms with E-state index >= 15 is 0 Å². The number of fused-ring (bicyclic) bond motifs is 1. The van der Waals surface area contributed by atoms with Crippen molar-refractivity contribution in [2.75, 3.05) is 0 Å². The van der Waals surface area contributed by atoms with Crippen molar-refractivity contribution in [2.24, 2.45) is 11.8 Å². The Hall–Kier alpha value is 0.210. The third-order valence-corrected chi connectivity index (χ3v) is 2.97. The van der Waals surface area contributed by atoms with Crippen LogP contribution in [0.3, 0.4) is 0 Å². The molecule has 0 fully saturated rings. The molecular formula is C8H9I. The average Bonchev–Trinajstić information content (AvgIpc) is 2.22. The van der Waals surface area contributed by atoms with Crippen LogP contribution in [0.25, 0.3) is 0 Å². The highest BCUT2D eigenvalue weighted by atomic mass is 127. The Kier molecular flexibility index (Phi) is 1.40. The van der Waals surface area contributed by atoms with Gasteiger partial charge in [-0.3, -0.25) is 0 Å². The fourth-order valence-corrected chi connectivity index (χ4v) is 2.63. The van der Waals surface area contributed by atoms with Gasteiger partial charge in [-0.15, -0.1) is 0 Å². The first-order chi connectivity index (χ1) is 4.36. The topological polar surface area (TPSA) is 0 Å². The van der Waals surface area contributed by atoms with Crippen LogP contribution in [0.1, 0.15) is 12.8 Å². The maximum atomic E-state index is 2.45. The normalized spacial score (nSPS) is 39.0. The van der Waals surface area contributed by atoms with E-state index in [4.69, 9.17) is 0 Å². The standard InChI is InChI=1S/C8H9I/c9-8-4-6-2-1-3-7(6)5-8/h1-2,5-7H,3-4H2/t6-,7+/m0/s1. The number of allylic oxidation sites excluding steroid dienone is 4. The summed E-state index contributed by atoms with van der Waals surface area (Å²) in [5, 5.41) is 0. The van der Waals surface area contributed by atoms with Crippen molar-refractivity contribution < 1.29 is 0 Å². The molecule has 0 amide bonds. The quantitative estimate of drug-likeness (QED) is 0.445. The van der Waals surface area contributed by atoms with Crippen LogP contribution in [0, 0.1) is 11.8 Å². The fraction of sp³-hybridized carbons (Fsp3) is 0.500. The number of hydrogen-bond donors (Lipinski definition) is 0. The van der Waals surface area contributed by atoms with Crippen molar-refractivity contribution in [3.05, 3.63) is 21.8 Å². The number of rotatable bonds is 0. The van der Waals surface area contributed by atoms with Gasteiger partial charge in [-0.05, 0) is 50.8 Å².